The van der Waals surface area contributed by atoms with Crippen LogP contribution in [0.5, 0.6) is 0 Å². The molecule has 1 unspecified atom stereocenters. The van der Waals surface area contributed by atoms with E-state index in [1.807, 2.05) is 6.92 Å². The van der Waals surface area contributed by atoms with Crippen molar-refractivity contribution in [3.8, 4) is 0 Å². The molecule has 0 aliphatic heterocycles. The van der Waals surface area contributed by atoms with Crippen LogP contribution in [0.3, 0.4) is 0 Å². The average Bonchev–Trinajstić information content (AvgIpc) is 1.64. The molecule has 0 saturated carbocycles. The molecule has 0 spiro atoms. The second kappa shape index (κ2) is 7.46. The first-order valence-electron chi connectivity index (χ1n) is 2.74. The van der Waals surface area contributed by atoms with Crippen molar-refractivity contribution < 1.29 is 36.4 Å². The molecule has 6 heteroatoms. The van der Waals surface area contributed by atoms with Crippen LogP contribution in [0.1, 0.15) is 13.8 Å². The van der Waals surface area contributed by atoms with E-state index in [1.165, 1.54) is 11.4 Å². The molecule has 0 aromatic carbocycles. The number of thiol groups is 1. The Balaban J connectivity index is 0. The Morgan fingerprint density at radius 2 is 2.10 bits per heavy atom. The van der Waals surface area contributed by atoms with Gasteiger partial charge in [0, 0.05) is 33.1 Å². The van der Waals surface area contributed by atoms with Gasteiger partial charge in [-0.05, 0) is 6.92 Å². The summed E-state index contributed by atoms with van der Waals surface area (Å²) in [6.07, 6.45) is 0. The maximum Gasteiger partial charge on any atom is 0.310 e. The van der Waals surface area contributed by atoms with Crippen LogP contribution in [0.15, 0.2) is 0 Å². The summed E-state index contributed by atoms with van der Waals surface area (Å²) in [7, 11) is 0. The third kappa shape index (κ3) is 7.91. The Kier molecular flexibility index (Phi) is 10.7. The molecular weight excluding hydrogens is 288 g/mol. The molecule has 0 N–H and O–H groups in total. The fourth-order valence-corrected chi connectivity index (χ4v) is 4.00. The topological polar surface area (TPSA) is 26.3 Å². The largest absolute Gasteiger partial charge is 0.314 e. The van der Waals surface area contributed by atoms with Gasteiger partial charge in [-0.1, -0.05) is 30.6 Å². The monoisotopic (exact) mass is 300 g/mol. The first-order valence-corrected chi connectivity index (χ1v) is 7.11. The van der Waals surface area contributed by atoms with E-state index in [0.29, 0.717) is 6.61 Å². The minimum Gasteiger partial charge on any atom is -0.314 e. The van der Waals surface area contributed by atoms with Gasteiger partial charge in [-0.2, -0.15) is 0 Å². The summed E-state index contributed by atoms with van der Waals surface area (Å²) < 4.78 is 15.9. The molecule has 0 aromatic rings. The summed E-state index contributed by atoms with van der Waals surface area (Å²) in [5, 5.41) is 0. The number of rotatable bonds is 4. The fourth-order valence-electron chi connectivity index (χ4n) is 0.364. The quantitative estimate of drug-likeness (QED) is 0.491. The van der Waals surface area contributed by atoms with Gasteiger partial charge in [0.2, 0.25) is 0 Å². The summed E-state index contributed by atoms with van der Waals surface area (Å²) in [4.78, 5) is 0. The molecule has 0 fully saturated rings. The molecule has 0 heterocycles. The van der Waals surface area contributed by atoms with Gasteiger partial charge in [-0.3, -0.25) is 4.57 Å². The van der Waals surface area contributed by atoms with Crippen LogP contribution in [0.2, 0.25) is 0 Å². The maximum atomic E-state index is 11.0. The van der Waals surface area contributed by atoms with Crippen LogP contribution in [-0.4, -0.2) is 12.4 Å². The van der Waals surface area contributed by atoms with Crippen LogP contribution in [0.25, 0.3) is 0 Å². The summed E-state index contributed by atoms with van der Waals surface area (Å²) in [5.74, 6) is -1.80. The standard InChI is InChI=1S/C4H11O2PS2.Cd/c1-3-6-7(5,8)9-4-2;/h3-4H2,1-2H3,(H,5,8);. The van der Waals surface area contributed by atoms with E-state index in [4.69, 9.17) is 4.52 Å². The van der Waals surface area contributed by atoms with Crippen molar-refractivity contribution in [2.45, 2.75) is 13.8 Å². The van der Waals surface area contributed by atoms with Gasteiger partial charge >= 0.3 is 5.77 Å². The van der Waals surface area contributed by atoms with E-state index in [2.05, 4.69) is 12.2 Å². The zero-order valence-corrected chi connectivity index (χ0v) is 12.9. The SMILES string of the molecule is CCOP(=O)(S)SCC.[Cd]. The number of hydrogen-bond donors (Lipinski definition) is 1. The van der Waals surface area contributed by atoms with Crippen LogP contribution < -0.4 is 0 Å². The smallest absolute Gasteiger partial charge is 0.310 e. The van der Waals surface area contributed by atoms with Gasteiger partial charge < -0.3 is 4.52 Å². The minimum atomic E-state index is -2.58. The third-order valence-corrected chi connectivity index (χ3v) is 5.21. The van der Waals surface area contributed by atoms with Crippen molar-refractivity contribution in [1.29, 1.82) is 0 Å². The van der Waals surface area contributed by atoms with Gasteiger partial charge in [0.25, 0.3) is 0 Å². The molecule has 10 heavy (non-hydrogen) atoms. The molecule has 0 aliphatic carbocycles. The Labute approximate surface area is 91.4 Å². The van der Waals surface area contributed by atoms with Crippen LogP contribution >= 0.6 is 29.4 Å². The van der Waals surface area contributed by atoms with Crippen molar-refractivity contribution >= 4 is 29.4 Å². The summed E-state index contributed by atoms with van der Waals surface area (Å²) in [6.45, 7) is 4.19. The van der Waals surface area contributed by atoms with Gasteiger partial charge in [-0.15, -0.1) is 0 Å². The van der Waals surface area contributed by atoms with Gasteiger partial charge in [0.15, 0.2) is 0 Å². The molecule has 0 radical (unpaired) electrons. The molecular formula is C4H11CdO2PS2. The molecule has 2 nitrogen and oxygen atoms in total. The molecule has 0 bridgehead atoms. The Bertz CT molecular complexity index is 112. The second-order valence-electron chi connectivity index (χ2n) is 1.30. The first kappa shape index (κ1) is 14.3. The van der Waals surface area contributed by atoms with Crippen LogP contribution in [-0.2, 0) is 36.4 Å². The van der Waals surface area contributed by atoms with Gasteiger partial charge in [0.1, 0.15) is 0 Å². The molecule has 0 saturated heterocycles. The molecule has 0 amide bonds. The number of hydrogen-bond acceptors (Lipinski definition) is 3. The summed E-state index contributed by atoms with van der Waals surface area (Å²) in [5.41, 5.74) is 0. The Morgan fingerprint density at radius 3 is 2.40 bits per heavy atom. The maximum absolute atomic E-state index is 11.0. The molecule has 58 valence electrons. The van der Waals surface area contributed by atoms with E-state index < -0.39 is 5.77 Å². The van der Waals surface area contributed by atoms with Crippen LogP contribution in [0.4, 0.5) is 0 Å². The van der Waals surface area contributed by atoms with Crippen molar-refractivity contribution in [2.75, 3.05) is 12.4 Å². The Morgan fingerprint density at radius 1 is 1.60 bits per heavy atom. The second-order valence-corrected chi connectivity index (χ2v) is 7.94. The van der Waals surface area contributed by atoms with E-state index in [0.717, 1.165) is 5.75 Å². The first-order chi connectivity index (χ1) is 4.12. The molecule has 0 rings (SSSR count). The predicted octanol–water partition coefficient (Wildman–Crippen LogP) is 2.81. The van der Waals surface area contributed by atoms with Crippen molar-refractivity contribution in [2.24, 2.45) is 0 Å². The van der Waals surface area contributed by atoms with Crippen molar-refractivity contribution in [1.82, 2.24) is 0 Å². The molecule has 0 aliphatic rings. The van der Waals surface area contributed by atoms with E-state index >= 15 is 0 Å². The third-order valence-electron chi connectivity index (χ3n) is 0.584. The van der Waals surface area contributed by atoms with E-state index in [9.17, 15) is 4.57 Å². The summed E-state index contributed by atoms with van der Waals surface area (Å²) >= 11 is 5.10. The van der Waals surface area contributed by atoms with Gasteiger partial charge in [0.05, 0.1) is 6.61 Å². The average molecular weight is 299 g/mol. The predicted molar refractivity (Wildman–Crippen MR) is 46.4 cm³/mol. The van der Waals surface area contributed by atoms with Gasteiger partial charge in [-0.25, -0.2) is 0 Å². The van der Waals surface area contributed by atoms with Crippen molar-refractivity contribution in [3.63, 3.8) is 0 Å². The normalized spacial score (nSPS) is 15.5. The zero-order chi connectivity index (χ0) is 7.33. The molecule has 0 aromatic heterocycles. The van der Waals surface area contributed by atoms with Crippen molar-refractivity contribution in [3.05, 3.63) is 0 Å². The fraction of sp³-hybridized carbons (Fsp3) is 1.00. The summed E-state index contributed by atoms with van der Waals surface area (Å²) in [6, 6.07) is 0. The molecule has 1 atom stereocenters. The zero-order valence-electron chi connectivity index (χ0n) is 6.24. The van der Waals surface area contributed by atoms with E-state index in [-0.39, 0.29) is 27.3 Å². The van der Waals surface area contributed by atoms with Crippen LogP contribution in [0, 0.1) is 0 Å². The van der Waals surface area contributed by atoms with E-state index in [1.54, 1.807) is 6.92 Å². The Hall–Kier alpha value is 1.81. The minimum absolute atomic E-state index is 0.